The zero-order valence-electron chi connectivity index (χ0n) is 7.02. The second-order valence-corrected chi connectivity index (χ2v) is 4.58. The number of thiazole rings is 1. The highest BCUT2D eigenvalue weighted by Gasteiger charge is 2.07. The third-order valence-corrected chi connectivity index (χ3v) is 3.22. The molecule has 0 radical (unpaired) electrons. The van der Waals surface area contributed by atoms with Crippen molar-refractivity contribution in [1.82, 2.24) is 15.2 Å². The van der Waals surface area contributed by atoms with Crippen molar-refractivity contribution < 1.29 is 0 Å². The van der Waals surface area contributed by atoms with Crippen molar-refractivity contribution in [2.75, 3.05) is 0 Å². The lowest BCUT2D eigenvalue weighted by molar-refractivity contribution is 0.959. The Bertz CT molecular complexity index is 406. The molecule has 2 rings (SSSR count). The van der Waals surface area contributed by atoms with E-state index in [9.17, 15) is 0 Å². The summed E-state index contributed by atoms with van der Waals surface area (Å²) in [5.41, 5.74) is 6.34. The van der Waals surface area contributed by atoms with Crippen molar-refractivity contribution >= 4 is 22.7 Å². The molecule has 0 aliphatic rings. The Morgan fingerprint density at radius 1 is 1.46 bits per heavy atom. The van der Waals surface area contributed by atoms with Crippen LogP contribution in [-0.2, 0) is 6.54 Å². The molecule has 0 saturated heterocycles. The van der Waals surface area contributed by atoms with Gasteiger partial charge in [0.2, 0.25) is 0 Å². The van der Waals surface area contributed by atoms with Crippen LogP contribution in [0.1, 0.15) is 10.0 Å². The van der Waals surface area contributed by atoms with Gasteiger partial charge >= 0.3 is 0 Å². The number of rotatable bonds is 2. The van der Waals surface area contributed by atoms with Crippen LogP contribution in [0.15, 0.2) is 5.38 Å². The van der Waals surface area contributed by atoms with Crippen molar-refractivity contribution in [2.45, 2.75) is 13.5 Å². The minimum atomic E-state index is 0.445. The van der Waals surface area contributed by atoms with Gasteiger partial charge in [-0.25, -0.2) is 4.98 Å². The lowest BCUT2D eigenvalue weighted by Gasteiger charge is -1.83. The summed E-state index contributed by atoms with van der Waals surface area (Å²) >= 11 is 3.11. The summed E-state index contributed by atoms with van der Waals surface area (Å²) in [6, 6.07) is 0. The fourth-order valence-corrected chi connectivity index (χ4v) is 2.25. The Kier molecular flexibility index (Phi) is 2.34. The van der Waals surface area contributed by atoms with Gasteiger partial charge in [-0.15, -0.1) is 21.5 Å². The summed E-state index contributed by atoms with van der Waals surface area (Å²) < 4.78 is 0. The third kappa shape index (κ3) is 1.74. The highest BCUT2D eigenvalue weighted by molar-refractivity contribution is 7.15. The third-order valence-electron chi connectivity index (χ3n) is 1.48. The minimum absolute atomic E-state index is 0.445. The lowest BCUT2D eigenvalue weighted by atomic mass is 10.5. The topological polar surface area (TPSA) is 64.7 Å². The zero-order chi connectivity index (χ0) is 9.26. The van der Waals surface area contributed by atoms with E-state index < -0.39 is 0 Å². The molecule has 0 amide bonds. The van der Waals surface area contributed by atoms with E-state index in [1.54, 1.807) is 11.3 Å². The molecule has 2 heterocycles. The lowest BCUT2D eigenvalue weighted by Crippen LogP contribution is -1.94. The first-order valence-electron chi connectivity index (χ1n) is 3.74. The number of hydrogen-bond acceptors (Lipinski definition) is 6. The van der Waals surface area contributed by atoms with E-state index in [0.717, 1.165) is 20.7 Å². The van der Waals surface area contributed by atoms with Crippen LogP contribution in [0.5, 0.6) is 0 Å². The Balaban J connectivity index is 2.35. The summed E-state index contributed by atoms with van der Waals surface area (Å²) in [6.07, 6.45) is 0. The van der Waals surface area contributed by atoms with Gasteiger partial charge in [0.05, 0.1) is 5.01 Å². The summed E-state index contributed by atoms with van der Waals surface area (Å²) in [7, 11) is 0. The van der Waals surface area contributed by atoms with Gasteiger partial charge < -0.3 is 5.73 Å². The maximum absolute atomic E-state index is 5.44. The van der Waals surface area contributed by atoms with Gasteiger partial charge in [-0.2, -0.15) is 0 Å². The first-order chi connectivity index (χ1) is 6.29. The predicted octanol–water partition coefficient (Wildman–Crippen LogP) is 1.43. The quantitative estimate of drug-likeness (QED) is 0.817. The van der Waals surface area contributed by atoms with Crippen LogP contribution in [0.2, 0.25) is 0 Å². The van der Waals surface area contributed by atoms with E-state index in [1.807, 2.05) is 12.3 Å². The van der Waals surface area contributed by atoms with E-state index >= 15 is 0 Å². The van der Waals surface area contributed by atoms with Crippen molar-refractivity contribution in [3.63, 3.8) is 0 Å². The van der Waals surface area contributed by atoms with Crippen LogP contribution in [0.4, 0.5) is 0 Å². The molecule has 0 atom stereocenters. The zero-order valence-corrected chi connectivity index (χ0v) is 8.65. The molecule has 0 aromatic carbocycles. The van der Waals surface area contributed by atoms with Gasteiger partial charge in [-0.05, 0) is 6.92 Å². The fourth-order valence-electron chi connectivity index (χ4n) is 0.901. The van der Waals surface area contributed by atoms with Gasteiger partial charge in [0, 0.05) is 11.9 Å². The van der Waals surface area contributed by atoms with Crippen LogP contribution in [0, 0.1) is 6.92 Å². The number of nitrogens with two attached hydrogens (primary N) is 1. The largest absolute Gasteiger partial charge is 0.324 e. The highest BCUT2D eigenvalue weighted by Crippen LogP contribution is 2.24. The van der Waals surface area contributed by atoms with Crippen molar-refractivity contribution in [3.05, 3.63) is 15.4 Å². The van der Waals surface area contributed by atoms with E-state index in [4.69, 9.17) is 5.73 Å². The summed E-state index contributed by atoms with van der Waals surface area (Å²) in [5, 5.41) is 12.7. The molecule has 68 valence electrons. The van der Waals surface area contributed by atoms with Crippen molar-refractivity contribution in [3.8, 4) is 10.7 Å². The summed E-state index contributed by atoms with van der Waals surface area (Å²) in [4.78, 5) is 4.31. The first kappa shape index (κ1) is 8.74. The number of aromatic nitrogens is 3. The average molecular weight is 212 g/mol. The van der Waals surface area contributed by atoms with Crippen molar-refractivity contribution in [1.29, 1.82) is 0 Å². The van der Waals surface area contributed by atoms with Gasteiger partial charge in [0.1, 0.15) is 10.7 Å². The van der Waals surface area contributed by atoms with Crippen LogP contribution < -0.4 is 5.73 Å². The normalized spacial score (nSPS) is 10.6. The molecule has 13 heavy (non-hydrogen) atoms. The van der Waals surface area contributed by atoms with Gasteiger partial charge in [0.25, 0.3) is 0 Å². The fraction of sp³-hybridized carbons (Fsp3) is 0.286. The molecule has 2 aromatic rings. The Morgan fingerprint density at radius 2 is 2.31 bits per heavy atom. The summed E-state index contributed by atoms with van der Waals surface area (Å²) in [6.45, 7) is 2.42. The van der Waals surface area contributed by atoms with Crippen LogP contribution in [0.3, 0.4) is 0 Å². The maximum Gasteiger partial charge on any atom is 0.167 e. The van der Waals surface area contributed by atoms with Gasteiger partial charge in [-0.3, -0.25) is 0 Å². The predicted molar refractivity (Wildman–Crippen MR) is 53.6 cm³/mol. The Hall–Kier alpha value is -0.850. The molecular weight excluding hydrogens is 204 g/mol. The maximum atomic E-state index is 5.44. The molecule has 6 heteroatoms. The molecule has 0 fully saturated rings. The molecule has 0 aliphatic heterocycles. The Labute approximate surface area is 83.5 Å². The van der Waals surface area contributed by atoms with E-state index in [2.05, 4.69) is 15.2 Å². The molecule has 0 unspecified atom stereocenters. The standard InChI is InChI=1S/C7H8N4S2/c1-4-9-5(3-12-4)7-11-10-6(2-8)13-7/h3H,2,8H2,1H3. The van der Waals surface area contributed by atoms with Gasteiger partial charge in [-0.1, -0.05) is 11.3 Å². The second kappa shape index (κ2) is 3.49. The SMILES string of the molecule is Cc1nc(-c2nnc(CN)s2)cs1. The monoisotopic (exact) mass is 212 g/mol. The highest BCUT2D eigenvalue weighted by atomic mass is 32.1. The van der Waals surface area contributed by atoms with Crippen LogP contribution in [-0.4, -0.2) is 15.2 Å². The summed E-state index contributed by atoms with van der Waals surface area (Å²) in [5.74, 6) is 0. The van der Waals surface area contributed by atoms with Crippen LogP contribution >= 0.6 is 22.7 Å². The molecule has 2 aromatic heterocycles. The molecular formula is C7H8N4S2. The Morgan fingerprint density at radius 3 is 2.85 bits per heavy atom. The first-order valence-corrected chi connectivity index (χ1v) is 5.44. The van der Waals surface area contributed by atoms with E-state index in [-0.39, 0.29) is 0 Å². The smallest absolute Gasteiger partial charge is 0.167 e. The van der Waals surface area contributed by atoms with E-state index in [0.29, 0.717) is 6.54 Å². The number of nitrogens with zero attached hydrogens (tertiary/aromatic N) is 3. The molecule has 0 saturated carbocycles. The molecule has 0 bridgehead atoms. The minimum Gasteiger partial charge on any atom is -0.324 e. The molecule has 0 aliphatic carbocycles. The molecule has 0 spiro atoms. The average Bonchev–Trinajstić information content (AvgIpc) is 2.71. The van der Waals surface area contributed by atoms with E-state index in [1.165, 1.54) is 11.3 Å². The second-order valence-electron chi connectivity index (χ2n) is 2.46. The van der Waals surface area contributed by atoms with Crippen LogP contribution in [0.25, 0.3) is 10.7 Å². The number of aryl methyl sites for hydroxylation is 1. The van der Waals surface area contributed by atoms with Gasteiger partial charge in [0.15, 0.2) is 5.01 Å². The molecule has 4 nitrogen and oxygen atoms in total. The number of hydrogen-bond donors (Lipinski definition) is 1. The van der Waals surface area contributed by atoms with Crippen molar-refractivity contribution in [2.24, 2.45) is 5.73 Å². The molecule has 2 N–H and O–H groups in total.